The molecule has 3 rings (SSSR count). The number of carbonyl (C=O) groups excluding carboxylic acids is 1. The molecule has 0 aliphatic carbocycles. The number of aliphatic imine (C=N–C) groups is 1. The molecule has 1 aromatic carbocycles. The first-order chi connectivity index (χ1) is 13.1. The minimum atomic E-state index is -0.150. The lowest BCUT2D eigenvalue weighted by Gasteiger charge is -2.21. The van der Waals surface area contributed by atoms with Crippen molar-refractivity contribution in [2.24, 2.45) is 16.8 Å². The van der Waals surface area contributed by atoms with E-state index in [2.05, 4.69) is 39.4 Å². The smallest absolute Gasteiger partial charge is 0.310 e. The van der Waals surface area contributed by atoms with Crippen molar-refractivity contribution in [3.8, 4) is 0 Å². The second kappa shape index (κ2) is 10.4. The lowest BCUT2D eigenvalue weighted by Crippen LogP contribution is -2.40. The molecule has 8 heteroatoms. The van der Waals surface area contributed by atoms with Crippen molar-refractivity contribution >= 4 is 35.9 Å². The van der Waals surface area contributed by atoms with Crippen LogP contribution in [-0.2, 0) is 22.6 Å². The number of aromatic nitrogens is 2. The maximum Gasteiger partial charge on any atom is 0.310 e. The summed E-state index contributed by atoms with van der Waals surface area (Å²) < 4.78 is 6.84. The second-order valence-electron chi connectivity index (χ2n) is 6.94. The van der Waals surface area contributed by atoms with E-state index >= 15 is 0 Å². The average Bonchev–Trinajstić information content (AvgIpc) is 3.29. The maximum absolute atomic E-state index is 11.9. The van der Waals surface area contributed by atoms with Crippen LogP contribution >= 0.6 is 24.0 Å². The van der Waals surface area contributed by atoms with E-state index in [0.717, 1.165) is 24.6 Å². The summed E-state index contributed by atoms with van der Waals surface area (Å²) in [5.74, 6) is 0.776. The number of hydrogen-bond acceptors (Lipinski definition) is 4. The lowest BCUT2D eigenvalue weighted by atomic mass is 9.99. The van der Waals surface area contributed by atoms with Gasteiger partial charge in [-0.3, -0.25) is 14.5 Å². The van der Waals surface area contributed by atoms with Crippen LogP contribution in [0.15, 0.2) is 47.7 Å². The predicted molar refractivity (Wildman–Crippen MR) is 120 cm³/mol. The molecule has 1 aromatic heterocycles. The van der Waals surface area contributed by atoms with Crippen molar-refractivity contribution < 1.29 is 9.53 Å². The summed E-state index contributed by atoms with van der Waals surface area (Å²) in [5, 5.41) is 7.81. The molecule has 0 bridgehead atoms. The molecule has 0 spiro atoms. The first-order valence-electron chi connectivity index (χ1n) is 9.19. The van der Waals surface area contributed by atoms with Crippen LogP contribution in [0.1, 0.15) is 18.1 Å². The third kappa shape index (κ3) is 5.46. The van der Waals surface area contributed by atoms with Gasteiger partial charge in [-0.15, -0.1) is 24.0 Å². The fraction of sp³-hybridized carbons (Fsp3) is 0.450. The van der Waals surface area contributed by atoms with E-state index in [-0.39, 0.29) is 41.8 Å². The molecular formula is C20H28IN5O2. The Morgan fingerprint density at radius 3 is 2.71 bits per heavy atom. The number of hydrogen-bond donors (Lipinski definition) is 1. The summed E-state index contributed by atoms with van der Waals surface area (Å²) in [4.78, 5) is 18.4. The first kappa shape index (κ1) is 22.2. The summed E-state index contributed by atoms with van der Waals surface area (Å²) in [5.41, 5.74) is 2.31. The Hall–Kier alpha value is -2.10. The van der Waals surface area contributed by atoms with Crippen molar-refractivity contribution in [2.75, 3.05) is 27.2 Å². The van der Waals surface area contributed by atoms with Crippen LogP contribution in [0.3, 0.4) is 0 Å². The second-order valence-corrected chi connectivity index (χ2v) is 6.94. The van der Waals surface area contributed by atoms with E-state index in [9.17, 15) is 4.79 Å². The number of nitrogens with one attached hydrogen (secondary N) is 1. The zero-order valence-corrected chi connectivity index (χ0v) is 18.9. The fourth-order valence-electron chi connectivity index (χ4n) is 3.47. The summed E-state index contributed by atoms with van der Waals surface area (Å²) >= 11 is 0. The molecule has 0 saturated carbocycles. The number of ether oxygens (including phenoxy) is 1. The van der Waals surface area contributed by atoms with Crippen molar-refractivity contribution in [1.29, 1.82) is 0 Å². The summed E-state index contributed by atoms with van der Waals surface area (Å²) in [6, 6.07) is 10.3. The zero-order valence-electron chi connectivity index (χ0n) is 16.5. The zero-order chi connectivity index (χ0) is 19.2. The number of methoxy groups -OCH3 is 1. The molecule has 1 aliphatic rings. The molecular weight excluding hydrogens is 469 g/mol. The highest BCUT2D eigenvalue weighted by Crippen LogP contribution is 2.24. The van der Waals surface area contributed by atoms with E-state index in [0.29, 0.717) is 13.1 Å². The SMILES string of the molecule is CN=C(NCc1cnn(Cc2ccccc2)c1)N1CC(C)C(C(=O)OC)C1.I. The monoisotopic (exact) mass is 497 g/mol. The van der Waals surface area contributed by atoms with Crippen LogP contribution < -0.4 is 5.32 Å². The number of likely N-dealkylation sites (tertiary alicyclic amines) is 1. The van der Waals surface area contributed by atoms with Crippen LogP contribution in [0.25, 0.3) is 0 Å². The molecule has 2 aromatic rings. The Bertz CT molecular complexity index is 793. The molecule has 7 nitrogen and oxygen atoms in total. The van der Waals surface area contributed by atoms with Gasteiger partial charge in [-0.2, -0.15) is 5.10 Å². The van der Waals surface area contributed by atoms with Crippen LogP contribution in [0, 0.1) is 11.8 Å². The van der Waals surface area contributed by atoms with Crippen LogP contribution in [-0.4, -0.2) is 53.9 Å². The van der Waals surface area contributed by atoms with Gasteiger partial charge in [-0.25, -0.2) is 0 Å². The largest absolute Gasteiger partial charge is 0.469 e. The summed E-state index contributed by atoms with van der Waals surface area (Å²) in [6.07, 6.45) is 3.91. The van der Waals surface area contributed by atoms with Crippen molar-refractivity contribution in [2.45, 2.75) is 20.0 Å². The fourth-order valence-corrected chi connectivity index (χ4v) is 3.47. The highest BCUT2D eigenvalue weighted by Gasteiger charge is 2.36. The highest BCUT2D eigenvalue weighted by molar-refractivity contribution is 14.0. The number of esters is 1. The standard InChI is InChI=1S/C20H27N5O2.HI/c1-15-11-24(14-18(15)19(26)27-3)20(21-2)22-9-17-10-23-25(13-17)12-16-7-5-4-6-8-16;/h4-8,10,13,15,18H,9,11-12,14H2,1-3H3,(H,21,22);1H. The molecule has 1 saturated heterocycles. The van der Waals surface area contributed by atoms with Gasteiger partial charge in [-0.05, 0) is 11.5 Å². The topological polar surface area (TPSA) is 71.8 Å². The summed E-state index contributed by atoms with van der Waals surface area (Å²) in [6.45, 7) is 4.87. The Morgan fingerprint density at radius 1 is 1.29 bits per heavy atom. The molecule has 0 amide bonds. The molecule has 2 unspecified atom stereocenters. The summed E-state index contributed by atoms with van der Waals surface area (Å²) in [7, 11) is 3.20. The third-order valence-corrected chi connectivity index (χ3v) is 4.95. The minimum Gasteiger partial charge on any atom is -0.469 e. The van der Waals surface area contributed by atoms with Crippen LogP contribution in [0.4, 0.5) is 0 Å². The van der Waals surface area contributed by atoms with Crippen molar-refractivity contribution in [3.05, 3.63) is 53.9 Å². The maximum atomic E-state index is 11.9. The van der Waals surface area contributed by atoms with E-state index in [1.807, 2.05) is 35.3 Å². The van der Waals surface area contributed by atoms with Crippen molar-refractivity contribution in [3.63, 3.8) is 0 Å². The van der Waals surface area contributed by atoms with Crippen LogP contribution in [0.2, 0.25) is 0 Å². The lowest BCUT2D eigenvalue weighted by molar-refractivity contribution is -0.145. The van der Waals surface area contributed by atoms with E-state index in [1.54, 1.807) is 7.05 Å². The molecule has 1 fully saturated rings. The van der Waals surface area contributed by atoms with Gasteiger partial charge >= 0.3 is 5.97 Å². The number of carbonyl (C=O) groups is 1. The van der Waals surface area contributed by atoms with Gasteiger partial charge in [-0.1, -0.05) is 37.3 Å². The molecule has 1 N–H and O–H groups in total. The Morgan fingerprint density at radius 2 is 2.04 bits per heavy atom. The molecule has 2 atom stereocenters. The van der Waals surface area contributed by atoms with Gasteiger partial charge in [0.1, 0.15) is 0 Å². The van der Waals surface area contributed by atoms with E-state index in [4.69, 9.17) is 4.74 Å². The van der Waals surface area contributed by atoms with E-state index < -0.39 is 0 Å². The Kier molecular flexibility index (Phi) is 8.28. The normalized spacial score (nSPS) is 19.2. The average molecular weight is 497 g/mol. The number of guanidine groups is 1. The number of benzene rings is 1. The molecule has 2 heterocycles. The van der Waals surface area contributed by atoms with Gasteiger partial charge in [0.2, 0.25) is 0 Å². The molecule has 1 aliphatic heterocycles. The van der Waals surface area contributed by atoms with Gasteiger partial charge in [0.25, 0.3) is 0 Å². The van der Waals surface area contributed by atoms with Gasteiger partial charge in [0, 0.05) is 38.4 Å². The van der Waals surface area contributed by atoms with Crippen LogP contribution in [0.5, 0.6) is 0 Å². The van der Waals surface area contributed by atoms with Gasteiger partial charge in [0.05, 0.1) is 25.8 Å². The predicted octanol–water partition coefficient (Wildman–Crippen LogP) is 2.37. The van der Waals surface area contributed by atoms with Gasteiger partial charge in [0.15, 0.2) is 5.96 Å². The van der Waals surface area contributed by atoms with E-state index in [1.165, 1.54) is 12.7 Å². The molecule has 28 heavy (non-hydrogen) atoms. The molecule has 0 radical (unpaired) electrons. The third-order valence-electron chi connectivity index (χ3n) is 4.95. The number of nitrogens with zero attached hydrogens (tertiary/aromatic N) is 4. The first-order valence-corrected chi connectivity index (χ1v) is 9.19. The Labute approximate surface area is 183 Å². The minimum absolute atomic E-state index is 0. The highest BCUT2D eigenvalue weighted by atomic mass is 127. The van der Waals surface area contributed by atoms with Gasteiger partial charge < -0.3 is 15.0 Å². The number of halogens is 1. The number of rotatable bonds is 5. The molecule has 152 valence electrons. The quantitative estimate of drug-likeness (QED) is 0.297. The Balaban J connectivity index is 0.00000280. The van der Waals surface area contributed by atoms with Crippen molar-refractivity contribution in [1.82, 2.24) is 20.0 Å².